The molecule has 4 aliphatic heterocycles. The van der Waals surface area contributed by atoms with Crippen molar-refractivity contribution < 1.29 is 39.5 Å². The smallest absolute Gasteiger partial charge is 0.255 e. The van der Waals surface area contributed by atoms with Gasteiger partial charge in [0.25, 0.3) is 11.8 Å². The molecule has 53 heavy (non-hydrogen) atoms. The van der Waals surface area contributed by atoms with Gasteiger partial charge < -0.3 is 39.7 Å². The molecule has 0 unspecified atom stereocenters. The van der Waals surface area contributed by atoms with E-state index < -0.39 is 11.1 Å². The Morgan fingerprint density at radius 1 is 0.434 bits per heavy atom. The standard InChI is InChI=1S/C43H30N2O8/c46-24-10-14-32-36(20-24)52-37-21-25(47)11-15-33(37)42(32)30-8-3-1-6-28(30)40(50)44(42)18-5-19-45-41(51)29-7-2-4-9-31(29)43(45)34-16-12-26(48)22-38(34)53-39-23-27(49)13-17-35(39)43/h1-4,6-17,20-23,46-49H,5,18-19H2. The van der Waals surface area contributed by atoms with Crippen molar-refractivity contribution in [3.8, 4) is 46.0 Å². The first-order valence-corrected chi connectivity index (χ1v) is 17.3. The number of phenols is 4. The van der Waals surface area contributed by atoms with Gasteiger partial charge in [0.2, 0.25) is 0 Å². The number of rotatable bonds is 4. The number of carbonyl (C=O) groups excluding carboxylic acids is 2. The van der Waals surface area contributed by atoms with Crippen LogP contribution < -0.4 is 9.47 Å². The van der Waals surface area contributed by atoms with Crippen LogP contribution in [0, 0.1) is 0 Å². The molecule has 0 atom stereocenters. The number of nitrogens with zero attached hydrogens (tertiary/aromatic N) is 2. The number of carbonyl (C=O) groups is 2. The highest BCUT2D eigenvalue weighted by atomic mass is 16.5. The molecule has 260 valence electrons. The Labute approximate surface area is 302 Å². The largest absolute Gasteiger partial charge is 0.508 e. The lowest BCUT2D eigenvalue weighted by molar-refractivity contribution is 0.0599. The molecule has 0 saturated heterocycles. The minimum Gasteiger partial charge on any atom is -0.508 e. The fraction of sp³-hybridized carbons (Fsp3) is 0.116. The second kappa shape index (κ2) is 10.8. The molecular formula is C43H30N2O8. The number of amides is 2. The summed E-state index contributed by atoms with van der Waals surface area (Å²) in [7, 11) is 0. The average molecular weight is 703 g/mol. The van der Waals surface area contributed by atoms with E-state index in [1.807, 2.05) is 36.4 Å². The number of hydrogen-bond donors (Lipinski definition) is 4. The van der Waals surface area contributed by atoms with Gasteiger partial charge in [-0.25, -0.2) is 0 Å². The molecular weight excluding hydrogens is 672 g/mol. The maximum Gasteiger partial charge on any atom is 0.255 e. The number of ether oxygens (including phenoxy) is 2. The lowest BCUT2D eigenvalue weighted by atomic mass is 9.74. The summed E-state index contributed by atoms with van der Waals surface area (Å²) < 4.78 is 12.5. The molecule has 0 saturated carbocycles. The van der Waals surface area contributed by atoms with Gasteiger partial charge in [-0.05, 0) is 78.2 Å². The zero-order valence-electron chi connectivity index (χ0n) is 28.0. The third-order valence-corrected chi connectivity index (χ3v) is 11.0. The van der Waals surface area contributed by atoms with Crippen LogP contribution in [0.1, 0.15) is 60.5 Å². The highest BCUT2D eigenvalue weighted by Crippen LogP contribution is 2.60. The normalized spacial score (nSPS) is 16.3. The van der Waals surface area contributed by atoms with Gasteiger partial charge >= 0.3 is 0 Å². The maximum absolute atomic E-state index is 14.6. The predicted molar refractivity (Wildman–Crippen MR) is 192 cm³/mol. The summed E-state index contributed by atoms with van der Waals surface area (Å²) in [5.74, 6) is 0.938. The Kier molecular flexibility index (Phi) is 6.28. The van der Waals surface area contributed by atoms with Crippen LogP contribution in [0.15, 0.2) is 121 Å². The van der Waals surface area contributed by atoms with Gasteiger partial charge in [-0.15, -0.1) is 0 Å². The van der Waals surface area contributed by atoms with Gasteiger partial charge in [-0.2, -0.15) is 0 Å². The van der Waals surface area contributed by atoms with Crippen molar-refractivity contribution in [2.45, 2.75) is 17.5 Å². The quantitative estimate of drug-likeness (QED) is 0.150. The fourth-order valence-corrected chi connectivity index (χ4v) is 9.05. The Bertz CT molecular complexity index is 2300. The molecule has 2 spiro atoms. The molecule has 4 heterocycles. The molecule has 4 aliphatic rings. The third-order valence-electron chi connectivity index (χ3n) is 11.0. The SMILES string of the molecule is O=C1c2ccccc2C2(c3ccc(O)cc3Oc3cc(O)ccc32)N1CCCN1C(=O)c2ccccc2C12c1ccc(O)cc1Oc1cc(O)ccc12. The van der Waals surface area contributed by atoms with Gasteiger partial charge in [-0.1, -0.05) is 36.4 Å². The highest BCUT2D eigenvalue weighted by molar-refractivity contribution is 6.03. The lowest BCUT2D eigenvalue weighted by Crippen LogP contribution is -2.50. The number of fused-ring (bicyclic) bond motifs is 12. The van der Waals surface area contributed by atoms with Crippen molar-refractivity contribution in [1.29, 1.82) is 0 Å². The molecule has 0 radical (unpaired) electrons. The molecule has 4 N–H and O–H groups in total. The summed E-state index contributed by atoms with van der Waals surface area (Å²) in [5.41, 5.74) is 2.75. The Hall–Kier alpha value is -6.94. The summed E-state index contributed by atoms with van der Waals surface area (Å²) in [5, 5.41) is 42.0. The summed E-state index contributed by atoms with van der Waals surface area (Å²) in [6, 6.07) is 34.2. The molecule has 10 heteroatoms. The van der Waals surface area contributed by atoms with Gasteiger partial charge in [0.15, 0.2) is 0 Å². The number of hydrogen-bond acceptors (Lipinski definition) is 8. The summed E-state index contributed by atoms with van der Waals surface area (Å²) in [6.45, 7) is 0.400. The molecule has 0 aromatic heterocycles. The van der Waals surface area contributed by atoms with Crippen molar-refractivity contribution in [2.24, 2.45) is 0 Å². The van der Waals surface area contributed by atoms with Gasteiger partial charge in [0, 0.05) is 70.7 Å². The van der Waals surface area contributed by atoms with E-state index in [-0.39, 0.29) is 47.9 Å². The molecule has 10 rings (SSSR count). The Morgan fingerprint density at radius 2 is 0.755 bits per heavy atom. The average Bonchev–Trinajstić information content (AvgIpc) is 3.53. The Balaban J connectivity index is 1.12. The van der Waals surface area contributed by atoms with Crippen LogP contribution in [0.4, 0.5) is 0 Å². The second-order valence-electron chi connectivity index (χ2n) is 13.7. The van der Waals surface area contributed by atoms with E-state index in [9.17, 15) is 30.0 Å². The van der Waals surface area contributed by atoms with Gasteiger partial charge in [-0.3, -0.25) is 9.59 Å². The van der Waals surface area contributed by atoms with Crippen LogP contribution in [0.3, 0.4) is 0 Å². The number of phenolic OH excluding ortho intramolecular Hbond substituents is 4. The van der Waals surface area contributed by atoms with Crippen LogP contribution >= 0.6 is 0 Å². The molecule has 0 bridgehead atoms. The van der Waals surface area contributed by atoms with E-state index in [1.54, 1.807) is 70.5 Å². The van der Waals surface area contributed by atoms with Crippen molar-refractivity contribution in [1.82, 2.24) is 9.80 Å². The van der Waals surface area contributed by atoms with Crippen LogP contribution in [0.25, 0.3) is 0 Å². The molecule has 10 nitrogen and oxygen atoms in total. The minimum absolute atomic E-state index is 0.0114. The predicted octanol–water partition coefficient (Wildman–Crippen LogP) is 7.31. The first-order chi connectivity index (χ1) is 25.7. The summed E-state index contributed by atoms with van der Waals surface area (Å²) >= 11 is 0. The zero-order valence-corrected chi connectivity index (χ0v) is 28.0. The van der Waals surface area contributed by atoms with Crippen LogP contribution in [-0.2, 0) is 11.1 Å². The van der Waals surface area contributed by atoms with Crippen molar-refractivity contribution in [3.63, 3.8) is 0 Å². The first kappa shape index (κ1) is 30.8. The van der Waals surface area contributed by atoms with E-state index >= 15 is 0 Å². The number of aromatic hydroxyl groups is 4. The molecule has 0 fully saturated rings. The van der Waals surface area contributed by atoms with E-state index in [4.69, 9.17) is 9.47 Å². The first-order valence-electron chi connectivity index (χ1n) is 17.3. The number of benzene rings is 6. The van der Waals surface area contributed by atoms with E-state index in [2.05, 4.69) is 0 Å². The molecule has 2 amide bonds. The molecule has 6 aromatic carbocycles. The molecule has 0 aliphatic carbocycles. The van der Waals surface area contributed by atoms with Crippen molar-refractivity contribution >= 4 is 11.8 Å². The van der Waals surface area contributed by atoms with E-state index in [0.29, 0.717) is 62.8 Å². The van der Waals surface area contributed by atoms with Crippen molar-refractivity contribution in [2.75, 3.05) is 13.1 Å². The third kappa shape index (κ3) is 3.97. The van der Waals surface area contributed by atoms with Crippen LogP contribution in [-0.4, -0.2) is 55.1 Å². The molecule has 6 aromatic rings. The second-order valence-corrected chi connectivity index (χ2v) is 13.7. The van der Waals surface area contributed by atoms with E-state index in [0.717, 1.165) is 11.1 Å². The lowest BCUT2D eigenvalue weighted by Gasteiger charge is -2.46. The highest BCUT2D eigenvalue weighted by Gasteiger charge is 2.58. The van der Waals surface area contributed by atoms with E-state index in [1.165, 1.54) is 24.3 Å². The Morgan fingerprint density at radius 3 is 1.09 bits per heavy atom. The maximum atomic E-state index is 14.6. The topological polar surface area (TPSA) is 140 Å². The van der Waals surface area contributed by atoms with Gasteiger partial charge in [0.1, 0.15) is 57.1 Å². The summed E-state index contributed by atoms with van der Waals surface area (Å²) in [6.07, 6.45) is 0.340. The summed E-state index contributed by atoms with van der Waals surface area (Å²) in [4.78, 5) is 32.8. The van der Waals surface area contributed by atoms with Gasteiger partial charge in [0.05, 0.1) is 0 Å². The van der Waals surface area contributed by atoms with Crippen molar-refractivity contribution in [3.05, 3.63) is 166 Å². The zero-order chi connectivity index (χ0) is 36.2. The fourth-order valence-electron chi connectivity index (χ4n) is 9.05. The van der Waals surface area contributed by atoms with Crippen LogP contribution in [0.2, 0.25) is 0 Å². The van der Waals surface area contributed by atoms with Crippen LogP contribution in [0.5, 0.6) is 46.0 Å². The minimum atomic E-state index is -1.18. The monoisotopic (exact) mass is 702 g/mol.